The average Bonchev–Trinajstić information content (AvgIpc) is 2.99. The summed E-state index contributed by atoms with van der Waals surface area (Å²) in [4.78, 5) is 5.58. The molecule has 4 heterocycles. The lowest BCUT2D eigenvalue weighted by atomic mass is 10.3. The third-order valence-corrected chi connectivity index (χ3v) is 6.39. The van der Waals surface area contributed by atoms with Crippen molar-refractivity contribution in [2.45, 2.75) is 0 Å². The predicted octanol–water partition coefficient (Wildman–Crippen LogP) is 4.82. The summed E-state index contributed by atoms with van der Waals surface area (Å²) in [5.41, 5.74) is 7.54. The van der Waals surface area contributed by atoms with Crippen molar-refractivity contribution in [2.24, 2.45) is 0 Å². The molecule has 0 radical (unpaired) electrons. The van der Waals surface area contributed by atoms with Crippen LogP contribution in [0.4, 0.5) is 5.69 Å². The molecule has 0 aliphatic rings. The topological polar surface area (TPSA) is 38.9 Å². The largest absolute Gasteiger partial charge is 0.399 e. The number of nitrogens with two attached hydrogens (primary N) is 1. The molecule has 0 saturated heterocycles. The number of nitrogens with zero attached hydrogens (tertiary/aromatic N) is 1. The molecule has 4 rings (SSSR count). The maximum absolute atomic E-state index is 5.81. The zero-order chi connectivity index (χ0) is 12.1. The van der Waals surface area contributed by atoms with Gasteiger partial charge in [-0.05, 0) is 29.6 Å². The number of nitrogen functional groups attached to an aromatic ring is 1. The number of fused-ring (bicyclic) bond motifs is 3. The van der Waals surface area contributed by atoms with Crippen LogP contribution in [0.3, 0.4) is 0 Å². The second-order valence-corrected chi connectivity index (χ2v) is 7.05. The van der Waals surface area contributed by atoms with Crippen LogP contribution in [-0.4, -0.2) is 4.98 Å². The maximum Gasteiger partial charge on any atom is 0.0822 e. The van der Waals surface area contributed by atoms with Crippen molar-refractivity contribution in [3.8, 4) is 10.6 Å². The van der Waals surface area contributed by atoms with Crippen molar-refractivity contribution in [3.05, 3.63) is 35.8 Å². The normalized spacial score (nSPS) is 11.6. The van der Waals surface area contributed by atoms with E-state index < -0.39 is 0 Å². The smallest absolute Gasteiger partial charge is 0.0822 e. The Morgan fingerprint density at radius 2 is 1.94 bits per heavy atom. The zero-order valence-corrected chi connectivity index (χ0v) is 11.7. The van der Waals surface area contributed by atoms with Gasteiger partial charge in [0.25, 0.3) is 0 Å². The van der Waals surface area contributed by atoms with Crippen LogP contribution in [0.15, 0.2) is 35.8 Å². The molecule has 88 valence electrons. The molecule has 0 fully saturated rings. The minimum absolute atomic E-state index is 0.762. The van der Waals surface area contributed by atoms with Crippen molar-refractivity contribution in [1.29, 1.82) is 0 Å². The fourth-order valence-electron chi connectivity index (χ4n) is 1.98. The van der Waals surface area contributed by atoms with Gasteiger partial charge in [0.2, 0.25) is 0 Å². The van der Waals surface area contributed by atoms with Gasteiger partial charge in [0.1, 0.15) is 0 Å². The van der Waals surface area contributed by atoms with Gasteiger partial charge in [-0.3, -0.25) is 4.98 Å². The Bertz CT molecular complexity index is 853. The second-order valence-electron chi connectivity index (χ2n) is 3.99. The maximum atomic E-state index is 5.81. The number of aromatic nitrogens is 1. The van der Waals surface area contributed by atoms with Crippen LogP contribution >= 0.6 is 34.0 Å². The standard InChI is InChI=1S/C13H8N2S3/c14-7-1-3-15-8(5-7)10-6-11-13(18-10)12-9(17-11)2-4-16-12/h1-6H,(H2,14,15). The van der Waals surface area contributed by atoms with Crippen molar-refractivity contribution < 1.29 is 0 Å². The molecule has 2 N–H and O–H groups in total. The Labute approximate surface area is 115 Å². The van der Waals surface area contributed by atoms with Crippen LogP contribution in [0.5, 0.6) is 0 Å². The lowest BCUT2D eigenvalue weighted by Gasteiger charge is -1.96. The fraction of sp³-hybridized carbons (Fsp3) is 0. The highest BCUT2D eigenvalue weighted by atomic mass is 32.1. The molecular formula is C13H8N2S3. The first-order valence-electron chi connectivity index (χ1n) is 5.43. The van der Waals surface area contributed by atoms with E-state index >= 15 is 0 Å². The van der Waals surface area contributed by atoms with E-state index in [1.807, 2.05) is 34.8 Å². The van der Waals surface area contributed by atoms with E-state index in [0.29, 0.717) is 0 Å². The third kappa shape index (κ3) is 1.48. The van der Waals surface area contributed by atoms with Crippen LogP contribution in [0.2, 0.25) is 0 Å². The minimum atomic E-state index is 0.762. The molecule has 0 spiro atoms. The van der Waals surface area contributed by atoms with E-state index in [-0.39, 0.29) is 0 Å². The van der Waals surface area contributed by atoms with Crippen LogP contribution < -0.4 is 5.73 Å². The number of hydrogen-bond acceptors (Lipinski definition) is 5. The van der Waals surface area contributed by atoms with Crippen LogP contribution in [0.1, 0.15) is 0 Å². The number of rotatable bonds is 1. The lowest BCUT2D eigenvalue weighted by molar-refractivity contribution is 1.34. The zero-order valence-electron chi connectivity index (χ0n) is 9.21. The molecule has 0 unspecified atom stereocenters. The van der Waals surface area contributed by atoms with Gasteiger partial charge in [-0.2, -0.15) is 0 Å². The summed E-state index contributed by atoms with van der Waals surface area (Å²) in [7, 11) is 0. The summed E-state index contributed by atoms with van der Waals surface area (Å²) in [5, 5.41) is 2.15. The Balaban J connectivity index is 1.97. The van der Waals surface area contributed by atoms with E-state index in [4.69, 9.17) is 5.73 Å². The van der Waals surface area contributed by atoms with Crippen molar-refractivity contribution in [1.82, 2.24) is 4.98 Å². The highest BCUT2D eigenvalue weighted by molar-refractivity contribution is 7.38. The summed E-state index contributed by atoms with van der Waals surface area (Å²) in [6.45, 7) is 0. The summed E-state index contributed by atoms with van der Waals surface area (Å²) in [6, 6.07) is 8.16. The molecule has 0 aromatic carbocycles. The monoisotopic (exact) mass is 288 g/mol. The molecule has 0 atom stereocenters. The molecule has 18 heavy (non-hydrogen) atoms. The number of hydrogen-bond donors (Lipinski definition) is 1. The molecule has 2 nitrogen and oxygen atoms in total. The average molecular weight is 288 g/mol. The van der Waals surface area contributed by atoms with Gasteiger partial charge in [0, 0.05) is 21.3 Å². The predicted molar refractivity (Wildman–Crippen MR) is 82.7 cm³/mol. The Hall–Kier alpha value is -1.43. The molecular weight excluding hydrogens is 280 g/mol. The van der Waals surface area contributed by atoms with Crippen LogP contribution in [-0.2, 0) is 0 Å². The number of pyridine rings is 1. The van der Waals surface area contributed by atoms with Gasteiger partial charge in [0.15, 0.2) is 0 Å². The molecule has 4 aromatic rings. The quantitative estimate of drug-likeness (QED) is 0.545. The van der Waals surface area contributed by atoms with Gasteiger partial charge in [-0.25, -0.2) is 0 Å². The molecule has 4 aromatic heterocycles. The van der Waals surface area contributed by atoms with Crippen molar-refractivity contribution in [2.75, 3.05) is 5.73 Å². The SMILES string of the molecule is Nc1ccnc(-c2cc3sc4ccsc4c3s2)c1. The van der Waals surface area contributed by atoms with E-state index in [1.165, 1.54) is 23.7 Å². The first kappa shape index (κ1) is 10.5. The van der Waals surface area contributed by atoms with Gasteiger partial charge < -0.3 is 5.73 Å². The molecule has 0 saturated carbocycles. The highest BCUT2D eigenvalue weighted by Crippen LogP contribution is 2.44. The van der Waals surface area contributed by atoms with E-state index in [9.17, 15) is 0 Å². The van der Waals surface area contributed by atoms with E-state index in [2.05, 4.69) is 22.5 Å². The van der Waals surface area contributed by atoms with Gasteiger partial charge >= 0.3 is 0 Å². The summed E-state index contributed by atoms with van der Waals surface area (Å²) in [5.74, 6) is 0. The Morgan fingerprint density at radius 3 is 2.83 bits per heavy atom. The highest BCUT2D eigenvalue weighted by Gasteiger charge is 2.12. The Kier molecular flexibility index (Phi) is 2.20. The first-order valence-corrected chi connectivity index (χ1v) is 7.94. The van der Waals surface area contributed by atoms with Crippen LogP contribution in [0.25, 0.3) is 29.4 Å². The fourth-order valence-corrected chi connectivity index (χ4v) is 5.71. The number of thiophene rings is 3. The molecule has 0 aliphatic heterocycles. The molecule has 5 heteroatoms. The second kappa shape index (κ2) is 3.78. The summed E-state index contributed by atoms with van der Waals surface area (Å²) < 4.78 is 5.51. The van der Waals surface area contributed by atoms with Gasteiger partial charge in [-0.15, -0.1) is 34.0 Å². The molecule has 0 aliphatic carbocycles. The lowest BCUT2D eigenvalue weighted by Crippen LogP contribution is -1.86. The van der Waals surface area contributed by atoms with Gasteiger partial charge in [-0.1, -0.05) is 0 Å². The van der Waals surface area contributed by atoms with E-state index in [0.717, 1.165) is 11.4 Å². The number of anilines is 1. The first-order chi connectivity index (χ1) is 8.81. The third-order valence-electron chi connectivity index (χ3n) is 2.79. The molecule has 0 bridgehead atoms. The molecule has 0 amide bonds. The minimum Gasteiger partial charge on any atom is -0.399 e. The van der Waals surface area contributed by atoms with Gasteiger partial charge in [0.05, 0.1) is 20.0 Å². The summed E-state index contributed by atoms with van der Waals surface area (Å²) >= 11 is 5.46. The van der Waals surface area contributed by atoms with E-state index in [1.54, 1.807) is 17.5 Å². The Morgan fingerprint density at radius 1 is 1.00 bits per heavy atom. The van der Waals surface area contributed by atoms with Crippen molar-refractivity contribution >= 4 is 58.5 Å². The van der Waals surface area contributed by atoms with Crippen LogP contribution in [0, 0.1) is 0 Å². The van der Waals surface area contributed by atoms with Crippen molar-refractivity contribution in [3.63, 3.8) is 0 Å². The summed E-state index contributed by atoms with van der Waals surface area (Å²) in [6.07, 6.45) is 1.76.